The zero-order valence-electron chi connectivity index (χ0n) is 14.1. The number of hydrogen-bond acceptors (Lipinski definition) is 3. The van der Waals surface area contributed by atoms with Gasteiger partial charge in [0.25, 0.3) is 0 Å². The van der Waals surface area contributed by atoms with Crippen LogP contribution in [0.15, 0.2) is 72.8 Å². The maximum absolute atomic E-state index is 10.9. The number of aldehydes is 1. The Hall–Kier alpha value is -3.07. The Bertz CT molecular complexity index is 824. The third-order valence-electron chi connectivity index (χ3n) is 3.86. The van der Waals surface area contributed by atoms with Crippen LogP contribution in [0.4, 0.5) is 0 Å². The number of benzene rings is 3. The van der Waals surface area contributed by atoms with E-state index < -0.39 is 0 Å². The predicted octanol–water partition coefficient (Wildman–Crippen LogP) is 5.14. The highest BCUT2D eigenvalue weighted by Crippen LogP contribution is 2.29. The lowest BCUT2D eigenvalue weighted by molar-refractivity contribution is 0.112. The van der Waals surface area contributed by atoms with Gasteiger partial charge in [-0.25, -0.2) is 0 Å². The number of hydrogen-bond donors (Lipinski definition) is 0. The zero-order valence-corrected chi connectivity index (χ0v) is 14.1. The van der Waals surface area contributed by atoms with Gasteiger partial charge in [-0.3, -0.25) is 4.79 Å². The minimum Gasteiger partial charge on any atom is -0.490 e. The number of rotatable bonds is 7. The van der Waals surface area contributed by atoms with Crippen LogP contribution in [0, 0.1) is 0 Å². The highest BCUT2D eigenvalue weighted by atomic mass is 16.5. The molecule has 0 saturated heterocycles. The summed E-state index contributed by atoms with van der Waals surface area (Å²) in [7, 11) is 0. The first-order valence-corrected chi connectivity index (χ1v) is 8.29. The zero-order chi connectivity index (χ0) is 17.5. The SMILES string of the molecule is CCOc1cc(C=O)ccc1OCc1ccc(-c2ccccc2)cc1. The molecule has 0 amide bonds. The fraction of sp³-hybridized carbons (Fsp3) is 0.136. The van der Waals surface area contributed by atoms with E-state index in [2.05, 4.69) is 36.4 Å². The molecule has 0 N–H and O–H groups in total. The second kappa shape index (κ2) is 8.15. The van der Waals surface area contributed by atoms with E-state index in [-0.39, 0.29) is 0 Å². The first-order chi connectivity index (χ1) is 12.3. The maximum Gasteiger partial charge on any atom is 0.161 e. The molecule has 3 rings (SSSR count). The van der Waals surface area contributed by atoms with E-state index in [9.17, 15) is 4.79 Å². The molecule has 3 heteroatoms. The standard InChI is InChI=1S/C22H20O3/c1-2-24-22-14-18(15-23)10-13-21(22)25-16-17-8-11-20(12-9-17)19-6-4-3-5-7-19/h3-15H,2,16H2,1H3. The molecule has 0 atom stereocenters. The van der Waals surface area contributed by atoms with Crippen LogP contribution in [-0.2, 0) is 6.61 Å². The van der Waals surface area contributed by atoms with Crippen LogP contribution in [0.1, 0.15) is 22.8 Å². The average molecular weight is 332 g/mol. The molecular formula is C22H20O3. The van der Waals surface area contributed by atoms with Crippen molar-refractivity contribution in [2.75, 3.05) is 6.61 Å². The molecule has 0 aliphatic heterocycles. The van der Waals surface area contributed by atoms with Gasteiger partial charge in [-0.1, -0.05) is 54.6 Å². The molecule has 0 aliphatic rings. The van der Waals surface area contributed by atoms with E-state index in [4.69, 9.17) is 9.47 Å². The fourth-order valence-electron chi connectivity index (χ4n) is 2.57. The van der Waals surface area contributed by atoms with Gasteiger partial charge in [0, 0.05) is 5.56 Å². The lowest BCUT2D eigenvalue weighted by atomic mass is 10.0. The van der Waals surface area contributed by atoms with Gasteiger partial charge < -0.3 is 9.47 Å². The summed E-state index contributed by atoms with van der Waals surface area (Å²) in [6, 6.07) is 23.8. The van der Waals surface area contributed by atoms with Crippen LogP contribution in [-0.4, -0.2) is 12.9 Å². The van der Waals surface area contributed by atoms with Crippen molar-refractivity contribution in [3.8, 4) is 22.6 Å². The Morgan fingerprint density at radius 2 is 1.52 bits per heavy atom. The lowest BCUT2D eigenvalue weighted by Gasteiger charge is -2.12. The number of ether oxygens (including phenoxy) is 2. The van der Waals surface area contributed by atoms with Crippen molar-refractivity contribution in [2.24, 2.45) is 0 Å². The Balaban J connectivity index is 1.70. The van der Waals surface area contributed by atoms with Crippen molar-refractivity contribution >= 4 is 6.29 Å². The number of carbonyl (C=O) groups is 1. The molecule has 0 aromatic heterocycles. The van der Waals surface area contributed by atoms with Gasteiger partial charge in [-0.15, -0.1) is 0 Å². The molecular weight excluding hydrogens is 312 g/mol. The summed E-state index contributed by atoms with van der Waals surface area (Å²) < 4.78 is 11.4. The molecule has 0 spiro atoms. The molecule has 0 radical (unpaired) electrons. The summed E-state index contributed by atoms with van der Waals surface area (Å²) >= 11 is 0. The summed E-state index contributed by atoms with van der Waals surface area (Å²) in [5.41, 5.74) is 4.01. The smallest absolute Gasteiger partial charge is 0.161 e. The van der Waals surface area contributed by atoms with Crippen LogP contribution in [0.2, 0.25) is 0 Å². The summed E-state index contributed by atoms with van der Waals surface area (Å²) in [4.78, 5) is 10.9. The van der Waals surface area contributed by atoms with E-state index in [1.54, 1.807) is 18.2 Å². The van der Waals surface area contributed by atoms with Crippen LogP contribution in [0.25, 0.3) is 11.1 Å². The van der Waals surface area contributed by atoms with Crippen molar-refractivity contribution in [2.45, 2.75) is 13.5 Å². The van der Waals surface area contributed by atoms with Crippen LogP contribution >= 0.6 is 0 Å². The van der Waals surface area contributed by atoms with E-state index in [1.807, 2.05) is 25.1 Å². The van der Waals surface area contributed by atoms with Gasteiger partial charge in [-0.2, -0.15) is 0 Å². The van der Waals surface area contributed by atoms with Crippen molar-refractivity contribution in [3.63, 3.8) is 0 Å². The quantitative estimate of drug-likeness (QED) is 0.562. The van der Waals surface area contributed by atoms with E-state index in [0.717, 1.165) is 11.8 Å². The van der Waals surface area contributed by atoms with E-state index in [0.29, 0.717) is 30.3 Å². The second-order valence-electron chi connectivity index (χ2n) is 5.61. The van der Waals surface area contributed by atoms with Crippen molar-refractivity contribution in [1.29, 1.82) is 0 Å². The monoisotopic (exact) mass is 332 g/mol. The molecule has 25 heavy (non-hydrogen) atoms. The summed E-state index contributed by atoms with van der Waals surface area (Å²) in [6.07, 6.45) is 0.800. The lowest BCUT2D eigenvalue weighted by Crippen LogP contribution is -2.00. The summed E-state index contributed by atoms with van der Waals surface area (Å²) in [6.45, 7) is 2.86. The van der Waals surface area contributed by atoms with Crippen LogP contribution < -0.4 is 9.47 Å². The Morgan fingerprint density at radius 3 is 2.20 bits per heavy atom. The summed E-state index contributed by atoms with van der Waals surface area (Å²) in [5, 5.41) is 0. The van der Waals surface area contributed by atoms with Crippen LogP contribution in [0.3, 0.4) is 0 Å². The third kappa shape index (κ3) is 4.27. The van der Waals surface area contributed by atoms with Crippen molar-refractivity contribution in [3.05, 3.63) is 83.9 Å². The first kappa shape index (κ1) is 16.8. The second-order valence-corrected chi connectivity index (χ2v) is 5.61. The first-order valence-electron chi connectivity index (χ1n) is 8.29. The topological polar surface area (TPSA) is 35.5 Å². The molecule has 0 saturated carbocycles. The molecule has 126 valence electrons. The predicted molar refractivity (Wildman–Crippen MR) is 99.2 cm³/mol. The van der Waals surface area contributed by atoms with Gasteiger partial charge in [0.1, 0.15) is 12.9 Å². The molecule has 0 fully saturated rings. The van der Waals surface area contributed by atoms with Crippen molar-refractivity contribution in [1.82, 2.24) is 0 Å². The minimum absolute atomic E-state index is 0.440. The molecule has 3 aromatic rings. The molecule has 3 aromatic carbocycles. The van der Waals surface area contributed by atoms with Gasteiger partial charge in [-0.05, 0) is 41.8 Å². The van der Waals surface area contributed by atoms with E-state index >= 15 is 0 Å². The molecule has 0 bridgehead atoms. The molecule has 0 heterocycles. The molecule has 0 aliphatic carbocycles. The highest BCUT2D eigenvalue weighted by Gasteiger charge is 2.07. The Morgan fingerprint density at radius 1 is 0.800 bits per heavy atom. The maximum atomic E-state index is 10.9. The average Bonchev–Trinajstić information content (AvgIpc) is 2.68. The fourth-order valence-corrected chi connectivity index (χ4v) is 2.57. The van der Waals surface area contributed by atoms with E-state index in [1.165, 1.54) is 11.1 Å². The normalized spacial score (nSPS) is 10.3. The van der Waals surface area contributed by atoms with Gasteiger partial charge in [0.05, 0.1) is 6.61 Å². The highest BCUT2D eigenvalue weighted by molar-refractivity contribution is 5.76. The van der Waals surface area contributed by atoms with Crippen molar-refractivity contribution < 1.29 is 14.3 Å². The van der Waals surface area contributed by atoms with Gasteiger partial charge in [0.2, 0.25) is 0 Å². The van der Waals surface area contributed by atoms with Crippen LogP contribution in [0.5, 0.6) is 11.5 Å². The Labute approximate surface area is 147 Å². The number of carbonyl (C=O) groups excluding carboxylic acids is 1. The molecule has 3 nitrogen and oxygen atoms in total. The summed E-state index contributed by atoms with van der Waals surface area (Å²) in [5.74, 6) is 1.23. The minimum atomic E-state index is 0.440. The Kier molecular flexibility index (Phi) is 5.47. The molecule has 0 unspecified atom stereocenters. The van der Waals surface area contributed by atoms with Gasteiger partial charge >= 0.3 is 0 Å². The largest absolute Gasteiger partial charge is 0.490 e. The van der Waals surface area contributed by atoms with Gasteiger partial charge in [0.15, 0.2) is 11.5 Å². The third-order valence-corrected chi connectivity index (χ3v) is 3.86.